The summed E-state index contributed by atoms with van der Waals surface area (Å²) < 4.78 is 0. The maximum absolute atomic E-state index is 12.8. The van der Waals surface area contributed by atoms with Crippen molar-refractivity contribution >= 4 is 17.8 Å². The van der Waals surface area contributed by atoms with Gasteiger partial charge in [-0.05, 0) is 32.1 Å². The monoisotopic (exact) mass is 351 g/mol. The fourth-order valence-corrected chi connectivity index (χ4v) is 3.86. The Morgan fingerprint density at radius 2 is 1.76 bits per heavy atom. The molecule has 1 saturated heterocycles. The largest absolute Gasteiger partial charge is 0.352 e. The summed E-state index contributed by atoms with van der Waals surface area (Å²) in [6.45, 7) is 6.16. The molecule has 0 bridgehead atoms. The van der Waals surface area contributed by atoms with Gasteiger partial charge in [-0.3, -0.25) is 14.5 Å². The molecule has 0 aromatic rings. The van der Waals surface area contributed by atoms with Crippen LogP contribution in [0.15, 0.2) is 0 Å². The molecule has 1 atom stereocenters. The van der Waals surface area contributed by atoms with E-state index in [4.69, 9.17) is 0 Å². The molecule has 4 amide bonds. The average Bonchev–Trinajstić information content (AvgIpc) is 2.71. The topological polar surface area (TPSA) is 78.5 Å². The van der Waals surface area contributed by atoms with Crippen molar-refractivity contribution in [2.24, 2.45) is 5.92 Å². The molecule has 2 rings (SSSR count). The minimum atomic E-state index is -0.767. The van der Waals surface area contributed by atoms with Crippen LogP contribution >= 0.6 is 0 Å². The molecule has 2 N–H and O–H groups in total. The molecule has 1 saturated carbocycles. The molecule has 0 aromatic carbocycles. The molecular weight excluding hydrogens is 318 g/mol. The van der Waals surface area contributed by atoms with Gasteiger partial charge in [-0.1, -0.05) is 52.4 Å². The number of nitrogens with one attached hydrogen (secondary N) is 2. The van der Waals surface area contributed by atoms with Crippen LogP contribution in [-0.2, 0) is 9.59 Å². The van der Waals surface area contributed by atoms with Crippen molar-refractivity contribution < 1.29 is 14.4 Å². The Kier molecular flexibility index (Phi) is 6.85. The molecule has 25 heavy (non-hydrogen) atoms. The number of carbonyl (C=O) groups excluding carboxylic acids is 3. The number of hydrogen-bond acceptors (Lipinski definition) is 3. The van der Waals surface area contributed by atoms with E-state index in [1.54, 1.807) is 0 Å². The molecular formula is C19H33N3O3. The Hall–Kier alpha value is -1.59. The van der Waals surface area contributed by atoms with Crippen molar-refractivity contribution in [3.63, 3.8) is 0 Å². The highest BCUT2D eigenvalue weighted by atomic mass is 16.2. The van der Waals surface area contributed by atoms with Gasteiger partial charge in [-0.25, -0.2) is 4.79 Å². The molecule has 0 radical (unpaired) electrons. The summed E-state index contributed by atoms with van der Waals surface area (Å²) in [6, 6.07) is -0.367. The summed E-state index contributed by atoms with van der Waals surface area (Å²) >= 11 is 0. The Balaban J connectivity index is 1.85. The number of amides is 4. The van der Waals surface area contributed by atoms with Gasteiger partial charge in [0.2, 0.25) is 5.91 Å². The van der Waals surface area contributed by atoms with Gasteiger partial charge in [-0.2, -0.15) is 0 Å². The molecule has 0 unspecified atom stereocenters. The van der Waals surface area contributed by atoms with Crippen LogP contribution in [0.4, 0.5) is 4.79 Å². The van der Waals surface area contributed by atoms with Gasteiger partial charge in [-0.15, -0.1) is 0 Å². The standard InChI is InChI=1S/C19H33N3O3/c1-14(2)9-8-10-15(3)20-16(23)13-22-17(24)19(21-18(22)25)11-6-4-5-7-12-19/h14-15H,4-13H2,1-3H3,(H,20,23)(H,21,25)/t15-/m0/s1. The van der Waals surface area contributed by atoms with Crippen LogP contribution in [-0.4, -0.2) is 40.9 Å². The van der Waals surface area contributed by atoms with Crippen molar-refractivity contribution in [3.8, 4) is 0 Å². The molecule has 1 spiro atoms. The lowest BCUT2D eigenvalue weighted by Gasteiger charge is -2.24. The van der Waals surface area contributed by atoms with Crippen molar-refractivity contribution in [1.82, 2.24) is 15.5 Å². The SMILES string of the molecule is CC(C)CCC[C@H](C)NC(=O)CN1C(=O)NC2(CCCCCC2)C1=O. The first kappa shape index (κ1) is 19.7. The first-order valence-corrected chi connectivity index (χ1v) is 9.77. The molecule has 142 valence electrons. The maximum Gasteiger partial charge on any atom is 0.325 e. The summed E-state index contributed by atoms with van der Waals surface area (Å²) in [5.41, 5.74) is -0.767. The van der Waals surface area contributed by atoms with Gasteiger partial charge in [0, 0.05) is 6.04 Å². The molecule has 1 heterocycles. The third-order valence-electron chi connectivity index (χ3n) is 5.33. The van der Waals surface area contributed by atoms with E-state index < -0.39 is 11.6 Å². The second kappa shape index (κ2) is 8.68. The number of urea groups is 1. The van der Waals surface area contributed by atoms with E-state index in [0.717, 1.165) is 49.8 Å². The van der Waals surface area contributed by atoms with Crippen molar-refractivity contribution in [3.05, 3.63) is 0 Å². The normalized spacial score (nSPS) is 21.4. The predicted octanol–water partition coefficient (Wildman–Crippen LogP) is 2.96. The fourth-order valence-electron chi connectivity index (χ4n) is 3.86. The zero-order valence-electron chi connectivity index (χ0n) is 15.9. The summed E-state index contributed by atoms with van der Waals surface area (Å²) in [5, 5.41) is 5.78. The summed E-state index contributed by atoms with van der Waals surface area (Å²) in [6.07, 6.45) is 8.55. The molecule has 2 aliphatic rings. The Morgan fingerprint density at radius 1 is 1.12 bits per heavy atom. The minimum Gasteiger partial charge on any atom is -0.352 e. The zero-order chi connectivity index (χ0) is 18.4. The van der Waals surface area contributed by atoms with Crippen molar-refractivity contribution in [2.45, 2.75) is 90.1 Å². The maximum atomic E-state index is 12.8. The number of imide groups is 1. The van der Waals surface area contributed by atoms with Gasteiger partial charge in [0.25, 0.3) is 5.91 Å². The van der Waals surface area contributed by atoms with E-state index in [1.165, 1.54) is 0 Å². The Bertz CT molecular complexity index is 496. The number of nitrogens with zero attached hydrogens (tertiary/aromatic N) is 1. The van der Waals surface area contributed by atoms with Crippen LogP contribution in [0.5, 0.6) is 0 Å². The third kappa shape index (κ3) is 5.19. The summed E-state index contributed by atoms with van der Waals surface area (Å²) in [4.78, 5) is 38.4. The van der Waals surface area contributed by atoms with Gasteiger partial charge < -0.3 is 10.6 Å². The van der Waals surface area contributed by atoms with Gasteiger partial charge in [0.05, 0.1) is 0 Å². The van der Waals surface area contributed by atoms with Crippen LogP contribution in [0, 0.1) is 5.92 Å². The van der Waals surface area contributed by atoms with Crippen LogP contribution in [0.3, 0.4) is 0 Å². The Labute approximate surface area is 151 Å². The highest BCUT2D eigenvalue weighted by Gasteiger charge is 2.51. The highest BCUT2D eigenvalue weighted by Crippen LogP contribution is 2.32. The quantitative estimate of drug-likeness (QED) is 0.692. The summed E-state index contributed by atoms with van der Waals surface area (Å²) in [7, 11) is 0. The van der Waals surface area contributed by atoms with Crippen LogP contribution < -0.4 is 10.6 Å². The minimum absolute atomic E-state index is 0.0545. The lowest BCUT2D eigenvalue weighted by molar-refractivity contribution is -0.135. The second-order valence-electron chi connectivity index (χ2n) is 8.11. The molecule has 2 fully saturated rings. The molecule has 0 aromatic heterocycles. The van der Waals surface area contributed by atoms with E-state index in [-0.39, 0.29) is 24.4 Å². The summed E-state index contributed by atoms with van der Waals surface area (Å²) in [5.74, 6) is 0.179. The number of rotatable bonds is 7. The lowest BCUT2D eigenvalue weighted by Crippen LogP contribution is -2.47. The average molecular weight is 351 g/mol. The van der Waals surface area contributed by atoms with Crippen LogP contribution in [0.2, 0.25) is 0 Å². The molecule has 6 heteroatoms. The van der Waals surface area contributed by atoms with Gasteiger partial charge in [0.15, 0.2) is 0 Å². The second-order valence-corrected chi connectivity index (χ2v) is 8.11. The van der Waals surface area contributed by atoms with Crippen molar-refractivity contribution in [1.29, 1.82) is 0 Å². The Morgan fingerprint density at radius 3 is 2.36 bits per heavy atom. The van der Waals surface area contributed by atoms with E-state index in [0.29, 0.717) is 18.8 Å². The van der Waals surface area contributed by atoms with Crippen LogP contribution in [0.1, 0.15) is 78.6 Å². The zero-order valence-corrected chi connectivity index (χ0v) is 15.9. The van der Waals surface area contributed by atoms with E-state index in [9.17, 15) is 14.4 Å². The van der Waals surface area contributed by atoms with E-state index in [2.05, 4.69) is 24.5 Å². The molecule has 1 aliphatic carbocycles. The number of carbonyl (C=O) groups is 3. The first-order chi connectivity index (χ1) is 11.8. The van der Waals surface area contributed by atoms with E-state index in [1.807, 2.05) is 6.92 Å². The molecule has 6 nitrogen and oxygen atoms in total. The smallest absolute Gasteiger partial charge is 0.325 e. The van der Waals surface area contributed by atoms with Gasteiger partial charge >= 0.3 is 6.03 Å². The van der Waals surface area contributed by atoms with Gasteiger partial charge in [0.1, 0.15) is 12.1 Å². The third-order valence-corrected chi connectivity index (χ3v) is 5.33. The fraction of sp³-hybridized carbons (Fsp3) is 0.842. The first-order valence-electron chi connectivity index (χ1n) is 9.77. The lowest BCUT2D eigenvalue weighted by atomic mass is 9.90. The van der Waals surface area contributed by atoms with Crippen LogP contribution in [0.25, 0.3) is 0 Å². The van der Waals surface area contributed by atoms with E-state index >= 15 is 0 Å². The molecule has 1 aliphatic heterocycles. The highest BCUT2D eigenvalue weighted by molar-refractivity contribution is 6.09. The van der Waals surface area contributed by atoms with Crippen molar-refractivity contribution in [2.75, 3.05) is 6.54 Å². The number of hydrogen-bond donors (Lipinski definition) is 2. The predicted molar refractivity (Wildman–Crippen MR) is 97.0 cm³/mol.